The Kier molecular flexibility index (Phi) is 8.59. The second-order valence-electron chi connectivity index (χ2n) is 7.77. The van der Waals surface area contributed by atoms with E-state index in [9.17, 15) is 4.79 Å². The van der Waals surface area contributed by atoms with E-state index >= 15 is 0 Å². The molecule has 0 radical (unpaired) electrons. The van der Waals surface area contributed by atoms with E-state index in [1.54, 1.807) is 11.8 Å². The summed E-state index contributed by atoms with van der Waals surface area (Å²) in [6.07, 6.45) is 3.17. The number of hydrogen-bond donors (Lipinski definition) is 0. The van der Waals surface area contributed by atoms with Crippen LogP contribution in [0.5, 0.6) is 0 Å². The molecule has 0 aliphatic carbocycles. The van der Waals surface area contributed by atoms with Crippen molar-refractivity contribution in [1.29, 1.82) is 0 Å². The van der Waals surface area contributed by atoms with Gasteiger partial charge >= 0.3 is 0 Å². The number of hydrogen-bond acceptors (Lipinski definition) is 4. The standard InChI is InChI=1S/C24H32N2O2S/c1-25(2)16-9-19-28-21-14-17-26(18-15-21)24(27)23(20-10-5-3-6-11-20)29-22-12-7-4-8-13-22/h3-8,10-13,21,23H,9,14-19H2,1-2H3. The molecule has 0 N–H and O–H groups in total. The molecule has 1 saturated heterocycles. The molecule has 3 rings (SSSR count). The van der Waals surface area contributed by atoms with Gasteiger partial charge in [-0.15, -0.1) is 11.8 Å². The van der Waals surface area contributed by atoms with Crippen molar-refractivity contribution in [3.63, 3.8) is 0 Å². The van der Waals surface area contributed by atoms with Crippen molar-refractivity contribution in [2.45, 2.75) is 35.5 Å². The lowest BCUT2D eigenvalue weighted by Crippen LogP contribution is -2.42. The Balaban J connectivity index is 1.57. The molecule has 4 nitrogen and oxygen atoms in total. The maximum Gasteiger partial charge on any atom is 0.240 e. The average Bonchev–Trinajstić information content (AvgIpc) is 2.76. The van der Waals surface area contributed by atoms with E-state index < -0.39 is 0 Å². The third kappa shape index (κ3) is 6.88. The molecule has 1 aliphatic heterocycles. The van der Waals surface area contributed by atoms with E-state index in [4.69, 9.17) is 4.74 Å². The van der Waals surface area contributed by atoms with Crippen molar-refractivity contribution in [3.8, 4) is 0 Å². The number of likely N-dealkylation sites (tertiary alicyclic amines) is 1. The first-order valence-electron chi connectivity index (χ1n) is 10.5. The monoisotopic (exact) mass is 412 g/mol. The number of rotatable bonds is 9. The van der Waals surface area contributed by atoms with Crippen molar-refractivity contribution in [3.05, 3.63) is 66.2 Å². The van der Waals surface area contributed by atoms with E-state index in [1.165, 1.54) is 0 Å². The van der Waals surface area contributed by atoms with E-state index in [-0.39, 0.29) is 17.3 Å². The van der Waals surface area contributed by atoms with Crippen LogP contribution in [0.4, 0.5) is 0 Å². The molecule has 29 heavy (non-hydrogen) atoms. The van der Waals surface area contributed by atoms with Gasteiger partial charge in [0.1, 0.15) is 5.25 Å². The van der Waals surface area contributed by atoms with E-state index in [1.807, 2.05) is 41.3 Å². The maximum absolute atomic E-state index is 13.4. The molecule has 1 amide bonds. The van der Waals surface area contributed by atoms with Crippen molar-refractivity contribution >= 4 is 17.7 Å². The van der Waals surface area contributed by atoms with Gasteiger partial charge < -0.3 is 14.5 Å². The number of benzene rings is 2. The smallest absolute Gasteiger partial charge is 0.240 e. The third-order valence-electron chi connectivity index (χ3n) is 5.18. The second-order valence-corrected chi connectivity index (χ2v) is 8.95. The number of carbonyl (C=O) groups is 1. The number of piperidine rings is 1. The summed E-state index contributed by atoms with van der Waals surface area (Å²) in [5.74, 6) is 0.205. The zero-order valence-electron chi connectivity index (χ0n) is 17.5. The number of thioether (sulfide) groups is 1. The van der Waals surface area contributed by atoms with E-state index in [0.717, 1.165) is 56.0 Å². The predicted octanol–water partition coefficient (Wildman–Crippen LogP) is 4.48. The molecule has 0 spiro atoms. The van der Waals surface area contributed by atoms with E-state index in [0.29, 0.717) is 0 Å². The summed E-state index contributed by atoms with van der Waals surface area (Å²) in [6.45, 7) is 3.39. The van der Waals surface area contributed by atoms with Crippen LogP contribution in [0.25, 0.3) is 0 Å². The molecule has 0 aromatic heterocycles. The lowest BCUT2D eigenvalue weighted by atomic mass is 10.1. The lowest BCUT2D eigenvalue weighted by molar-refractivity contribution is -0.133. The molecular weight excluding hydrogens is 380 g/mol. The Morgan fingerprint density at radius 3 is 2.31 bits per heavy atom. The molecular formula is C24H32N2O2S. The Morgan fingerprint density at radius 1 is 1.07 bits per heavy atom. The van der Waals surface area contributed by atoms with Crippen molar-refractivity contribution < 1.29 is 9.53 Å². The van der Waals surface area contributed by atoms with Gasteiger partial charge in [-0.1, -0.05) is 48.5 Å². The predicted molar refractivity (Wildman–Crippen MR) is 120 cm³/mol. The molecule has 2 aromatic carbocycles. The van der Waals surface area contributed by atoms with Crippen LogP contribution in [0.3, 0.4) is 0 Å². The molecule has 1 atom stereocenters. The van der Waals surface area contributed by atoms with Gasteiger partial charge in [0.05, 0.1) is 6.10 Å². The first kappa shape index (κ1) is 21.9. The summed E-state index contributed by atoms with van der Waals surface area (Å²) >= 11 is 1.64. The van der Waals surface area contributed by atoms with Gasteiger partial charge in [-0.05, 0) is 57.6 Å². The molecule has 1 heterocycles. The summed E-state index contributed by atoms with van der Waals surface area (Å²) < 4.78 is 6.03. The molecule has 5 heteroatoms. The van der Waals surface area contributed by atoms with Gasteiger partial charge in [-0.3, -0.25) is 4.79 Å². The van der Waals surface area contributed by atoms with Gasteiger partial charge in [0.15, 0.2) is 0 Å². The summed E-state index contributed by atoms with van der Waals surface area (Å²) in [5.41, 5.74) is 1.06. The Labute approximate surface area is 179 Å². The van der Waals surface area contributed by atoms with Crippen LogP contribution in [0, 0.1) is 0 Å². The summed E-state index contributed by atoms with van der Waals surface area (Å²) in [4.78, 5) is 18.7. The minimum Gasteiger partial charge on any atom is -0.378 e. The third-order valence-corrected chi connectivity index (χ3v) is 6.43. The number of nitrogens with zero attached hydrogens (tertiary/aromatic N) is 2. The molecule has 1 aliphatic rings. The zero-order chi connectivity index (χ0) is 20.5. The number of carbonyl (C=O) groups excluding carboxylic acids is 1. The first-order chi connectivity index (χ1) is 14.1. The fourth-order valence-electron chi connectivity index (χ4n) is 3.56. The topological polar surface area (TPSA) is 32.8 Å². The number of ether oxygens (including phenoxy) is 1. The van der Waals surface area contributed by atoms with Gasteiger partial charge in [0.2, 0.25) is 5.91 Å². The highest BCUT2D eigenvalue weighted by molar-refractivity contribution is 8.00. The van der Waals surface area contributed by atoms with Gasteiger partial charge in [0.25, 0.3) is 0 Å². The second kappa shape index (κ2) is 11.4. The summed E-state index contributed by atoms with van der Waals surface area (Å²) in [7, 11) is 4.17. The zero-order valence-corrected chi connectivity index (χ0v) is 18.3. The number of amides is 1. The highest BCUT2D eigenvalue weighted by atomic mass is 32.2. The average molecular weight is 413 g/mol. The van der Waals surface area contributed by atoms with Crippen LogP contribution < -0.4 is 0 Å². The van der Waals surface area contributed by atoms with Crippen LogP contribution in [-0.4, -0.2) is 62.1 Å². The molecule has 0 bridgehead atoms. The van der Waals surface area contributed by atoms with Crippen molar-refractivity contribution in [1.82, 2.24) is 9.80 Å². The molecule has 2 aromatic rings. The Bertz CT molecular complexity index is 731. The quantitative estimate of drug-likeness (QED) is 0.449. The lowest BCUT2D eigenvalue weighted by Gasteiger charge is -2.34. The summed E-state index contributed by atoms with van der Waals surface area (Å²) in [6, 6.07) is 20.3. The minimum atomic E-state index is -0.212. The molecule has 156 valence electrons. The van der Waals surface area contributed by atoms with Crippen LogP contribution >= 0.6 is 11.8 Å². The van der Waals surface area contributed by atoms with E-state index in [2.05, 4.69) is 43.3 Å². The largest absolute Gasteiger partial charge is 0.378 e. The van der Waals surface area contributed by atoms with Crippen LogP contribution in [-0.2, 0) is 9.53 Å². The van der Waals surface area contributed by atoms with Crippen molar-refractivity contribution in [2.75, 3.05) is 40.3 Å². The molecule has 1 fully saturated rings. The van der Waals surface area contributed by atoms with Crippen LogP contribution in [0.2, 0.25) is 0 Å². The van der Waals surface area contributed by atoms with Gasteiger partial charge in [0, 0.05) is 24.6 Å². The van der Waals surface area contributed by atoms with Crippen LogP contribution in [0.15, 0.2) is 65.6 Å². The fourth-order valence-corrected chi connectivity index (χ4v) is 4.69. The van der Waals surface area contributed by atoms with Crippen LogP contribution in [0.1, 0.15) is 30.1 Å². The summed E-state index contributed by atoms with van der Waals surface area (Å²) in [5, 5.41) is -0.212. The maximum atomic E-state index is 13.4. The molecule has 1 unspecified atom stereocenters. The Morgan fingerprint density at radius 2 is 1.69 bits per heavy atom. The highest BCUT2D eigenvalue weighted by Crippen LogP contribution is 2.37. The first-order valence-corrected chi connectivity index (χ1v) is 11.3. The van der Waals surface area contributed by atoms with Crippen molar-refractivity contribution in [2.24, 2.45) is 0 Å². The fraction of sp³-hybridized carbons (Fsp3) is 0.458. The minimum absolute atomic E-state index is 0.205. The Hall–Kier alpha value is -1.82. The van der Waals surface area contributed by atoms with Gasteiger partial charge in [-0.25, -0.2) is 0 Å². The highest BCUT2D eigenvalue weighted by Gasteiger charge is 2.30. The molecule has 0 saturated carbocycles. The SMILES string of the molecule is CN(C)CCCOC1CCN(C(=O)C(Sc2ccccc2)c2ccccc2)CC1. The normalized spacial score (nSPS) is 16.2. The van der Waals surface area contributed by atoms with Gasteiger partial charge in [-0.2, -0.15) is 0 Å².